The number of fused-ring (bicyclic) bond motifs is 5. The first kappa shape index (κ1) is 21.8. The number of hydrogen-bond acceptors (Lipinski definition) is 6. The number of carbonyl (C=O) groups excluding carboxylic acids is 2. The van der Waals surface area contributed by atoms with Gasteiger partial charge in [0.2, 0.25) is 0 Å². The Bertz CT molecular complexity index is 872. The van der Waals surface area contributed by atoms with Crippen molar-refractivity contribution in [3.63, 3.8) is 0 Å². The van der Waals surface area contributed by atoms with Crippen LogP contribution >= 0.6 is 0 Å². The largest absolute Gasteiger partial charge is 0.390 e. The van der Waals surface area contributed by atoms with Crippen LogP contribution in [0.3, 0.4) is 0 Å². The van der Waals surface area contributed by atoms with Crippen LogP contribution in [0.1, 0.15) is 53.4 Å². The van der Waals surface area contributed by atoms with Crippen molar-refractivity contribution in [1.82, 2.24) is 5.48 Å². The molecule has 0 amide bonds. The van der Waals surface area contributed by atoms with E-state index in [0.717, 1.165) is 0 Å². The van der Waals surface area contributed by atoms with Gasteiger partial charge in [0, 0.05) is 16.2 Å². The lowest BCUT2D eigenvalue weighted by molar-refractivity contribution is -0.246. The number of nitrogens with one attached hydrogen (secondary N) is 1. The minimum absolute atomic E-state index is 0.0436. The van der Waals surface area contributed by atoms with E-state index in [2.05, 4.69) is 5.48 Å². The summed E-state index contributed by atoms with van der Waals surface area (Å²) in [6.45, 7) is 6.49. The molecule has 30 heavy (non-hydrogen) atoms. The second-order valence-electron chi connectivity index (χ2n) is 10.6. The Morgan fingerprint density at radius 1 is 1.30 bits per heavy atom. The summed E-state index contributed by atoms with van der Waals surface area (Å²) in [5, 5.41) is 31.2. The SMILES string of the molecule is C[C@H]1C[C@H]2[C@]3(C)CCC4=CC(=O)C=C[C@]4(C)[C@@]3(F)[C@@H](O)C[C@]2(C)[C@@]1(NO)C(=O)CO. The standard InChI is InChI=1S/C23H32FNO5/c1-13-9-16-20(3)7-5-14-10-15(27)6-8-19(14,2)23(20,24)17(28)11-21(16,4)22(13,25-30)18(29)12-26/h6,8,10,13,16-17,25-26,28,30H,5,7,9,11-12H2,1-4H3/t13-,16-,17-,19-,20-,21-,22-,23-/m0/s1. The monoisotopic (exact) mass is 421 g/mol. The number of carbonyl (C=O) groups is 2. The minimum atomic E-state index is -2.04. The van der Waals surface area contributed by atoms with Crippen LogP contribution in [-0.2, 0) is 9.59 Å². The van der Waals surface area contributed by atoms with Crippen LogP contribution in [0.4, 0.5) is 4.39 Å². The molecule has 3 fully saturated rings. The average Bonchev–Trinajstić information content (AvgIpc) is 2.93. The van der Waals surface area contributed by atoms with Crippen LogP contribution in [0.25, 0.3) is 0 Å². The zero-order valence-electron chi connectivity index (χ0n) is 18.0. The number of allylic oxidation sites excluding steroid dienone is 4. The number of hydrogen-bond donors (Lipinski definition) is 4. The fraction of sp³-hybridized carbons (Fsp3) is 0.739. The summed E-state index contributed by atoms with van der Waals surface area (Å²) in [4.78, 5) is 24.9. The van der Waals surface area contributed by atoms with Gasteiger partial charge in [-0.05, 0) is 56.6 Å². The van der Waals surface area contributed by atoms with Crippen molar-refractivity contribution in [3.05, 3.63) is 23.8 Å². The first-order valence-corrected chi connectivity index (χ1v) is 10.8. The van der Waals surface area contributed by atoms with E-state index in [1.165, 1.54) is 12.2 Å². The number of ketones is 2. The van der Waals surface area contributed by atoms with Crippen molar-refractivity contribution in [2.24, 2.45) is 28.1 Å². The highest BCUT2D eigenvalue weighted by molar-refractivity contribution is 6.01. The van der Waals surface area contributed by atoms with Crippen LogP contribution in [0.2, 0.25) is 0 Å². The van der Waals surface area contributed by atoms with Gasteiger partial charge in [0.25, 0.3) is 0 Å². The summed E-state index contributed by atoms with van der Waals surface area (Å²) in [6, 6.07) is 0. The van der Waals surface area contributed by atoms with Crippen LogP contribution in [-0.4, -0.2) is 50.9 Å². The Kier molecular flexibility index (Phi) is 4.59. The molecule has 7 heteroatoms. The quantitative estimate of drug-likeness (QED) is 0.521. The molecule has 0 unspecified atom stereocenters. The lowest BCUT2D eigenvalue weighted by Crippen LogP contribution is -2.75. The Morgan fingerprint density at radius 3 is 2.57 bits per heavy atom. The Morgan fingerprint density at radius 2 is 1.97 bits per heavy atom. The molecule has 0 heterocycles. The third-order valence-electron chi connectivity index (χ3n) is 9.67. The molecule has 0 aromatic heterocycles. The van der Waals surface area contributed by atoms with Crippen molar-refractivity contribution in [3.8, 4) is 0 Å². The summed E-state index contributed by atoms with van der Waals surface area (Å²) in [5.41, 5.74) is -3.68. The van der Waals surface area contributed by atoms with E-state index in [-0.39, 0.29) is 24.0 Å². The number of aliphatic hydroxyl groups excluding tert-OH is 2. The van der Waals surface area contributed by atoms with Gasteiger partial charge in [-0.25, -0.2) is 4.39 Å². The molecule has 3 saturated carbocycles. The van der Waals surface area contributed by atoms with Gasteiger partial charge in [0.15, 0.2) is 17.2 Å². The molecule has 0 radical (unpaired) electrons. The molecule has 4 N–H and O–H groups in total. The molecule has 0 aromatic rings. The fourth-order valence-corrected chi connectivity index (χ4v) is 8.19. The van der Waals surface area contributed by atoms with Crippen molar-refractivity contribution in [2.45, 2.75) is 70.7 Å². The predicted molar refractivity (Wildman–Crippen MR) is 107 cm³/mol. The van der Waals surface area contributed by atoms with E-state index in [9.17, 15) is 25.0 Å². The van der Waals surface area contributed by atoms with E-state index in [4.69, 9.17) is 0 Å². The van der Waals surface area contributed by atoms with Crippen LogP contribution in [0, 0.1) is 28.1 Å². The number of halogens is 1. The second-order valence-corrected chi connectivity index (χ2v) is 10.6. The lowest BCUT2D eigenvalue weighted by Gasteiger charge is -2.68. The summed E-state index contributed by atoms with van der Waals surface area (Å²) in [7, 11) is 0. The van der Waals surface area contributed by atoms with Gasteiger partial charge in [-0.2, -0.15) is 5.48 Å². The van der Waals surface area contributed by atoms with Crippen LogP contribution < -0.4 is 5.48 Å². The molecular formula is C23H32FNO5. The number of rotatable bonds is 3. The highest BCUT2D eigenvalue weighted by Gasteiger charge is 2.79. The molecule has 8 atom stereocenters. The Labute approximate surface area is 176 Å². The second kappa shape index (κ2) is 6.31. The molecule has 166 valence electrons. The zero-order valence-corrected chi connectivity index (χ0v) is 18.0. The number of Topliss-reactive ketones (excluding diaryl/α,β-unsaturated/α-hetero) is 1. The molecule has 4 aliphatic carbocycles. The molecule has 0 saturated heterocycles. The van der Waals surface area contributed by atoms with Gasteiger partial charge in [-0.15, -0.1) is 0 Å². The highest BCUT2D eigenvalue weighted by atomic mass is 19.1. The highest BCUT2D eigenvalue weighted by Crippen LogP contribution is 2.75. The van der Waals surface area contributed by atoms with E-state index >= 15 is 4.39 Å². The van der Waals surface area contributed by atoms with Crippen molar-refractivity contribution in [1.29, 1.82) is 0 Å². The maximum atomic E-state index is 17.3. The number of alkyl halides is 1. The number of hydroxylamine groups is 1. The third kappa shape index (κ3) is 2.08. The summed E-state index contributed by atoms with van der Waals surface area (Å²) in [5.74, 6) is -1.41. The molecule has 6 nitrogen and oxygen atoms in total. The fourth-order valence-electron chi connectivity index (χ4n) is 8.19. The average molecular weight is 422 g/mol. The normalized spacial score (nSPS) is 52.3. The maximum absolute atomic E-state index is 17.3. The Hall–Kier alpha value is -1.41. The molecule has 0 spiro atoms. The van der Waals surface area contributed by atoms with E-state index in [1.54, 1.807) is 13.0 Å². The summed E-state index contributed by atoms with van der Waals surface area (Å²) in [6.07, 6.45) is 4.43. The van der Waals surface area contributed by atoms with Crippen LogP contribution in [0.15, 0.2) is 23.8 Å². The van der Waals surface area contributed by atoms with Gasteiger partial charge in [0.1, 0.15) is 12.1 Å². The molecule has 4 aliphatic rings. The Balaban J connectivity index is 1.92. The summed E-state index contributed by atoms with van der Waals surface area (Å²) >= 11 is 0. The van der Waals surface area contributed by atoms with E-state index < -0.39 is 45.9 Å². The smallest absolute Gasteiger partial charge is 0.181 e. The molecule has 0 aromatic carbocycles. The topological polar surface area (TPSA) is 107 Å². The lowest BCUT2D eigenvalue weighted by atomic mass is 9.38. The molecule has 4 rings (SSSR count). The minimum Gasteiger partial charge on any atom is -0.390 e. The van der Waals surface area contributed by atoms with E-state index in [1.807, 2.05) is 20.8 Å². The van der Waals surface area contributed by atoms with Gasteiger partial charge in [-0.3, -0.25) is 9.59 Å². The van der Waals surface area contributed by atoms with Gasteiger partial charge < -0.3 is 15.4 Å². The molecule has 0 aliphatic heterocycles. The maximum Gasteiger partial charge on any atom is 0.181 e. The van der Waals surface area contributed by atoms with E-state index in [0.29, 0.717) is 24.8 Å². The molecule has 0 bridgehead atoms. The van der Waals surface area contributed by atoms with Crippen molar-refractivity contribution >= 4 is 11.6 Å². The third-order valence-corrected chi connectivity index (χ3v) is 9.67. The van der Waals surface area contributed by atoms with Crippen molar-refractivity contribution < 1.29 is 29.4 Å². The van der Waals surface area contributed by atoms with Crippen molar-refractivity contribution in [2.75, 3.05) is 6.61 Å². The predicted octanol–water partition coefficient (Wildman–Crippen LogP) is 2.27. The van der Waals surface area contributed by atoms with Gasteiger partial charge >= 0.3 is 0 Å². The van der Waals surface area contributed by atoms with Crippen LogP contribution in [0.5, 0.6) is 0 Å². The number of aliphatic hydroxyl groups is 2. The first-order chi connectivity index (χ1) is 13.9. The first-order valence-electron chi connectivity index (χ1n) is 10.8. The molecular weight excluding hydrogens is 389 g/mol. The van der Waals surface area contributed by atoms with Gasteiger partial charge in [-0.1, -0.05) is 32.4 Å². The van der Waals surface area contributed by atoms with Gasteiger partial charge in [0.05, 0.1) is 6.10 Å². The zero-order chi connectivity index (χ0) is 22.3. The summed E-state index contributed by atoms with van der Waals surface area (Å²) < 4.78 is 17.3.